The van der Waals surface area contributed by atoms with Crippen LogP contribution in [0.4, 0.5) is 5.69 Å². The van der Waals surface area contributed by atoms with Crippen molar-refractivity contribution in [1.29, 1.82) is 0 Å². The Balaban J connectivity index is 2.63. The summed E-state index contributed by atoms with van der Waals surface area (Å²) >= 11 is 5.64. The number of rotatable bonds is 5. The van der Waals surface area contributed by atoms with Crippen LogP contribution in [0.15, 0.2) is 35.9 Å². The smallest absolute Gasteiger partial charge is 0.221 e. The molecule has 4 heteroatoms. The third kappa shape index (κ3) is 4.47. The first-order valence-corrected chi connectivity index (χ1v) is 5.37. The van der Waals surface area contributed by atoms with Crippen molar-refractivity contribution >= 4 is 23.2 Å². The predicted octanol–water partition coefficient (Wildman–Crippen LogP) is 2.49. The average molecular weight is 239 g/mol. The molecule has 0 heterocycles. The standard InChI is InChI=1S/C12H15ClN2O/c1-9(13)7-14-8-11-5-3-4-6-12(11)15-10(2)16/h3-6,14H,1,7-8H2,2H3,(H,15,16). The van der Waals surface area contributed by atoms with Crippen molar-refractivity contribution in [2.75, 3.05) is 11.9 Å². The Morgan fingerprint density at radius 2 is 2.12 bits per heavy atom. The summed E-state index contributed by atoms with van der Waals surface area (Å²) in [6.07, 6.45) is 0. The van der Waals surface area contributed by atoms with Gasteiger partial charge in [-0.25, -0.2) is 0 Å². The van der Waals surface area contributed by atoms with Crippen molar-refractivity contribution in [3.8, 4) is 0 Å². The second kappa shape index (κ2) is 6.30. The minimum absolute atomic E-state index is 0.0748. The van der Waals surface area contributed by atoms with Gasteiger partial charge in [-0.3, -0.25) is 4.79 Å². The molecule has 0 saturated carbocycles. The summed E-state index contributed by atoms with van der Waals surface area (Å²) in [6, 6.07) is 7.64. The van der Waals surface area contributed by atoms with Gasteiger partial charge in [0.2, 0.25) is 5.91 Å². The first-order valence-electron chi connectivity index (χ1n) is 4.99. The van der Waals surface area contributed by atoms with Gasteiger partial charge in [-0.15, -0.1) is 0 Å². The van der Waals surface area contributed by atoms with Gasteiger partial charge < -0.3 is 10.6 Å². The van der Waals surface area contributed by atoms with Crippen molar-refractivity contribution < 1.29 is 4.79 Å². The lowest BCUT2D eigenvalue weighted by molar-refractivity contribution is -0.114. The average Bonchev–Trinajstić information content (AvgIpc) is 2.19. The molecule has 0 radical (unpaired) electrons. The maximum absolute atomic E-state index is 11.0. The number of para-hydroxylation sites is 1. The van der Waals surface area contributed by atoms with Crippen LogP contribution >= 0.6 is 11.6 Å². The SMILES string of the molecule is C=C(Cl)CNCc1ccccc1NC(C)=O. The first-order chi connectivity index (χ1) is 7.59. The highest BCUT2D eigenvalue weighted by Crippen LogP contribution is 2.14. The van der Waals surface area contributed by atoms with Crippen LogP contribution in [0, 0.1) is 0 Å². The molecule has 1 aromatic carbocycles. The maximum Gasteiger partial charge on any atom is 0.221 e. The summed E-state index contributed by atoms with van der Waals surface area (Å²) in [7, 11) is 0. The van der Waals surface area contributed by atoms with E-state index in [2.05, 4.69) is 17.2 Å². The zero-order valence-corrected chi connectivity index (χ0v) is 9.97. The van der Waals surface area contributed by atoms with E-state index in [4.69, 9.17) is 11.6 Å². The molecule has 0 aliphatic carbocycles. The van der Waals surface area contributed by atoms with E-state index < -0.39 is 0 Å². The Morgan fingerprint density at radius 3 is 2.75 bits per heavy atom. The van der Waals surface area contributed by atoms with Crippen molar-refractivity contribution in [2.24, 2.45) is 0 Å². The van der Waals surface area contributed by atoms with Gasteiger partial charge in [0.1, 0.15) is 0 Å². The van der Waals surface area contributed by atoms with Gasteiger partial charge in [-0.05, 0) is 11.6 Å². The molecule has 0 aliphatic heterocycles. The van der Waals surface area contributed by atoms with E-state index in [9.17, 15) is 4.79 Å². The molecule has 0 spiro atoms. The number of halogens is 1. The highest BCUT2D eigenvalue weighted by molar-refractivity contribution is 6.29. The van der Waals surface area contributed by atoms with Crippen LogP contribution < -0.4 is 10.6 Å². The Bertz CT molecular complexity index is 390. The van der Waals surface area contributed by atoms with Gasteiger partial charge in [0.25, 0.3) is 0 Å². The number of nitrogens with one attached hydrogen (secondary N) is 2. The number of anilines is 1. The molecular formula is C12H15ClN2O. The van der Waals surface area contributed by atoms with Crippen molar-refractivity contribution in [2.45, 2.75) is 13.5 Å². The third-order valence-corrected chi connectivity index (χ3v) is 2.09. The fourth-order valence-corrected chi connectivity index (χ4v) is 1.41. The van der Waals surface area contributed by atoms with Crippen LogP contribution in [0.3, 0.4) is 0 Å². The van der Waals surface area contributed by atoms with Crippen LogP contribution in [-0.4, -0.2) is 12.5 Å². The van der Waals surface area contributed by atoms with Crippen LogP contribution in [0.1, 0.15) is 12.5 Å². The molecule has 0 aromatic heterocycles. The van der Waals surface area contributed by atoms with Crippen LogP contribution in [-0.2, 0) is 11.3 Å². The Kier molecular flexibility index (Phi) is 5.02. The number of hydrogen-bond acceptors (Lipinski definition) is 2. The van der Waals surface area contributed by atoms with Gasteiger partial charge >= 0.3 is 0 Å². The molecule has 0 atom stereocenters. The number of carbonyl (C=O) groups excluding carboxylic acids is 1. The molecule has 1 rings (SSSR count). The molecule has 1 aromatic rings. The van der Waals surface area contributed by atoms with Crippen molar-refractivity contribution in [3.63, 3.8) is 0 Å². The van der Waals surface area contributed by atoms with Gasteiger partial charge in [0.05, 0.1) is 0 Å². The van der Waals surface area contributed by atoms with Gasteiger partial charge in [-0.1, -0.05) is 36.4 Å². The van der Waals surface area contributed by atoms with E-state index in [-0.39, 0.29) is 5.91 Å². The monoisotopic (exact) mass is 238 g/mol. The molecule has 16 heavy (non-hydrogen) atoms. The maximum atomic E-state index is 11.0. The van der Waals surface area contributed by atoms with E-state index >= 15 is 0 Å². The van der Waals surface area contributed by atoms with Gasteiger partial charge in [-0.2, -0.15) is 0 Å². The summed E-state index contributed by atoms with van der Waals surface area (Å²) in [4.78, 5) is 11.0. The summed E-state index contributed by atoms with van der Waals surface area (Å²) in [6.45, 7) is 6.27. The lowest BCUT2D eigenvalue weighted by Crippen LogP contribution is -2.17. The molecule has 86 valence electrons. The second-order valence-electron chi connectivity index (χ2n) is 3.46. The molecule has 0 fully saturated rings. The highest BCUT2D eigenvalue weighted by atomic mass is 35.5. The van der Waals surface area contributed by atoms with Crippen LogP contribution in [0.25, 0.3) is 0 Å². The number of carbonyl (C=O) groups is 1. The third-order valence-electron chi connectivity index (χ3n) is 1.96. The fraction of sp³-hybridized carbons (Fsp3) is 0.250. The van der Waals surface area contributed by atoms with Crippen LogP contribution in [0.5, 0.6) is 0 Å². The molecular weight excluding hydrogens is 224 g/mol. The highest BCUT2D eigenvalue weighted by Gasteiger charge is 2.02. The number of benzene rings is 1. The van der Waals surface area contributed by atoms with Crippen molar-refractivity contribution in [3.05, 3.63) is 41.4 Å². The zero-order chi connectivity index (χ0) is 12.0. The van der Waals surface area contributed by atoms with E-state index in [1.165, 1.54) is 6.92 Å². The molecule has 3 nitrogen and oxygen atoms in total. The predicted molar refractivity (Wildman–Crippen MR) is 67.4 cm³/mol. The van der Waals surface area contributed by atoms with Gasteiger partial charge in [0.15, 0.2) is 0 Å². The van der Waals surface area contributed by atoms with E-state index in [1.807, 2.05) is 24.3 Å². The summed E-state index contributed by atoms with van der Waals surface area (Å²) in [5, 5.41) is 6.48. The minimum Gasteiger partial charge on any atom is -0.326 e. The molecule has 2 N–H and O–H groups in total. The Morgan fingerprint density at radius 1 is 1.44 bits per heavy atom. The molecule has 0 unspecified atom stereocenters. The van der Waals surface area contributed by atoms with E-state index in [0.29, 0.717) is 18.1 Å². The summed E-state index contributed by atoms with van der Waals surface area (Å²) in [5.41, 5.74) is 1.85. The fourth-order valence-electron chi connectivity index (χ4n) is 1.32. The summed E-state index contributed by atoms with van der Waals surface area (Å²) in [5.74, 6) is -0.0748. The lowest BCUT2D eigenvalue weighted by Gasteiger charge is -2.10. The Labute approximate surface area is 100 Å². The lowest BCUT2D eigenvalue weighted by atomic mass is 10.1. The molecule has 1 amide bonds. The number of hydrogen-bond donors (Lipinski definition) is 2. The molecule has 0 aliphatic rings. The largest absolute Gasteiger partial charge is 0.326 e. The van der Waals surface area contributed by atoms with E-state index in [0.717, 1.165) is 11.3 Å². The quantitative estimate of drug-likeness (QED) is 0.828. The normalized spacial score (nSPS) is 9.88. The molecule has 0 bridgehead atoms. The van der Waals surface area contributed by atoms with Gasteiger partial charge in [0, 0.05) is 30.7 Å². The molecule has 0 saturated heterocycles. The van der Waals surface area contributed by atoms with Crippen LogP contribution in [0.2, 0.25) is 0 Å². The Hall–Kier alpha value is -1.32. The van der Waals surface area contributed by atoms with E-state index in [1.54, 1.807) is 0 Å². The number of amides is 1. The van der Waals surface area contributed by atoms with Crippen molar-refractivity contribution in [1.82, 2.24) is 5.32 Å². The minimum atomic E-state index is -0.0748. The first kappa shape index (κ1) is 12.7. The summed E-state index contributed by atoms with van der Waals surface area (Å²) < 4.78 is 0. The topological polar surface area (TPSA) is 41.1 Å². The second-order valence-corrected chi connectivity index (χ2v) is 3.99. The zero-order valence-electron chi connectivity index (χ0n) is 9.22.